The molecule has 0 unspecified atom stereocenters. The third kappa shape index (κ3) is 4.63. The third-order valence-corrected chi connectivity index (χ3v) is 11.8. The second-order valence-corrected chi connectivity index (χ2v) is 14.9. The predicted molar refractivity (Wildman–Crippen MR) is 241 cm³/mol. The van der Waals surface area contributed by atoms with Crippen molar-refractivity contribution < 1.29 is 0 Å². The van der Waals surface area contributed by atoms with Crippen molar-refractivity contribution in [1.29, 1.82) is 0 Å². The Labute approximate surface area is 324 Å². The first-order valence-corrected chi connectivity index (χ1v) is 19.3. The topological polar surface area (TPSA) is 6.48 Å². The molecular weight excluding hydrogens is 677 g/mol. The van der Waals surface area contributed by atoms with Gasteiger partial charge in [-0.1, -0.05) is 146 Å². The first-order valence-electron chi connectivity index (χ1n) is 19.3. The number of para-hydroxylation sites is 2. The maximum atomic E-state index is 2.43. The number of hydrogen-bond acceptors (Lipinski definition) is 2. The average Bonchev–Trinajstić information content (AvgIpc) is 3.26. The number of fused-ring (bicyclic) bond motifs is 1. The highest BCUT2D eigenvalue weighted by Gasteiger charge is 2.22. The van der Waals surface area contributed by atoms with Gasteiger partial charge in [0.05, 0.1) is 11.4 Å². The van der Waals surface area contributed by atoms with Crippen molar-refractivity contribution in [2.45, 2.75) is 0 Å². The first-order chi connectivity index (χ1) is 27.8. The summed E-state index contributed by atoms with van der Waals surface area (Å²) >= 11 is 0. The smallest absolute Gasteiger partial charge is 0.0540 e. The first kappa shape index (κ1) is 31.0. The molecular formula is C54H34N2. The quantitative estimate of drug-likeness (QED) is 0.159. The molecule has 0 saturated carbocycles. The second-order valence-electron chi connectivity index (χ2n) is 14.9. The predicted octanol–water partition coefficient (Wildman–Crippen LogP) is 15.6. The largest absolute Gasteiger partial charge is 0.310 e. The summed E-state index contributed by atoms with van der Waals surface area (Å²) < 4.78 is 0. The minimum atomic E-state index is 1.12. The SMILES string of the molecule is c1ccc(N(c2cc3ccc4cccc5ccc(c2)c3c45)c2cccc3c(N(c4ccccc4)c4cc5ccc6cccc7ccc(c4)c5c67)cccc23)cc1. The Morgan fingerprint density at radius 2 is 0.518 bits per heavy atom. The number of benzene rings is 12. The van der Waals surface area contributed by atoms with Crippen LogP contribution in [0.25, 0.3) is 75.4 Å². The number of nitrogens with zero attached hydrogens (tertiary/aromatic N) is 2. The Kier molecular flexibility index (Phi) is 6.66. The van der Waals surface area contributed by atoms with Crippen LogP contribution >= 0.6 is 0 Å². The summed E-state index contributed by atoms with van der Waals surface area (Å²) in [4.78, 5) is 4.86. The van der Waals surface area contributed by atoms with Crippen LogP contribution < -0.4 is 9.80 Å². The van der Waals surface area contributed by atoms with E-state index in [9.17, 15) is 0 Å². The van der Waals surface area contributed by atoms with E-state index in [1.54, 1.807) is 0 Å². The molecule has 2 nitrogen and oxygen atoms in total. The molecule has 0 spiro atoms. The molecule has 0 aliphatic carbocycles. The van der Waals surface area contributed by atoms with Crippen molar-refractivity contribution in [3.8, 4) is 0 Å². The van der Waals surface area contributed by atoms with Crippen LogP contribution in [0.2, 0.25) is 0 Å². The van der Waals surface area contributed by atoms with E-state index < -0.39 is 0 Å². The Hall–Kier alpha value is -7.42. The molecule has 0 amide bonds. The lowest BCUT2D eigenvalue weighted by Gasteiger charge is -2.30. The zero-order valence-corrected chi connectivity index (χ0v) is 30.5. The van der Waals surface area contributed by atoms with E-state index >= 15 is 0 Å². The minimum absolute atomic E-state index is 1.12. The van der Waals surface area contributed by atoms with Gasteiger partial charge in [-0.05, 0) is 125 Å². The van der Waals surface area contributed by atoms with Gasteiger partial charge in [-0.2, -0.15) is 0 Å². The van der Waals surface area contributed by atoms with Gasteiger partial charge in [0.25, 0.3) is 0 Å². The summed E-state index contributed by atoms with van der Waals surface area (Å²) in [6.45, 7) is 0. The molecule has 0 aromatic heterocycles. The molecule has 260 valence electrons. The van der Waals surface area contributed by atoms with Gasteiger partial charge >= 0.3 is 0 Å². The van der Waals surface area contributed by atoms with Crippen molar-refractivity contribution in [1.82, 2.24) is 0 Å². The van der Waals surface area contributed by atoms with Crippen LogP contribution in [-0.4, -0.2) is 0 Å². The maximum absolute atomic E-state index is 2.43. The van der Waals surface area contributed by atoms with E-state index in [0.717, 1.165) is 34.1 Å². The lowest BCUT2D eigenvalue weighted by molar-refractivity contribution is 1.29. The Morgan fingerprint density at radius 1 is 0.214 bits per heavy atom. The number of rotatable bonds is 6. The van der Waals surface area contributed by atoms with Crippen LogP contribution in [0.4, 0.5) is 34.1 Å². The molecule has 12 aromatic rings. The highest BCUT2D eigenvalue weighted by atomic mass is 15.2. The summed E-state index contributed by atoms with van der Waals surface area (Å²) in [6, 6.07) is 75.9. The molecule has 2 heteroatoms. The van der Waals surface area contributed by atoms with E-state index in [4.69, 9.17) is 0 Å². The Bertz CT molecular complexity index is 3070. The van der Waals surface area contributed by atoms with Gasteiger partial charge in [0.2, 0.25) is 0 Å². The Balaban J connectivity index is 1.09. The van der Waals surface area contributed by atoms with Crippen LogP contribution in [0.15, 0.2) is 206 Å². The maximum Gasteiger partial charge on any atom is 0.0540 e. The van der Waals surface area contributed by atoms with E-state index in [1.165, 1.54) is 75.4 Å². The minimum Gasteiger partial charge on any atom is -0.310 e. The lowest BCUT2D eigenvalue weighted by atomic mass is 9.93. The van der Waals surface area contributed by atoms with E-state index in [1.807, 2.05) is 0 Å². The fourth-order valence-electron chi connectivity index (χ4n) is 9.41. The molecule has 0 fully saturated rings. The van der Waals surface area contributed by atoms with E-state index in [-0.39, 0.29) is 0 Å². The molecule has 12 aromatic carbocycles. The molecule has 0 atom stereocenters. The van der Waals surface area contributed by atoms with Crippen molar-refractivity contribution in [2.75, 3.05) is 9.80 Å². The number of hydrogen-bond donors (Lipinski definition) is 0. The van der Waals surface area contributed by atoms with Crippen LogP contribution in [0.3, 0.4) is 0 Å². The van der Waals surface area contributed by atoms with Crippen LogP contribution in [0.1, 0.15) is 0 Å². The average molecular weight is 711 g/mol. The highest BCUT2D eigenvalue weighted by Crippen LogP contribution is 2.47. The molecule has 0 aliphatic heterocycles. The zero-order valence-electron chi connectivity index (χ0n) is 30.5. The molecule has 0 N–H and O–H groups in total. The molecule has 0 heterocycles. The summed E-state index contributed by atoms with van der Waals surface area (Å²) in [5, 5.41) is 17.8. The van der Waals surface area contributed by atoms with Crippen molar-refractivity contribution in [3.63, 3.8) is 0 Å². The standard InChI is InChI=1S/C54H34N2/c1-3-15-43(16-4-1)55(45-31-39-27-23-35-11-7-12-36-24-28-40(32-45)53(39)51(35)36)49-21-9-20-48-47(49)19-10-22-50(48)56(44-17-5-2-6-18-44)46-33-41-29-25-37-13-8-14-38-26-30-42(34-46)54(41)52(37)38/h1-34H. The third-order valence-electron chi connectivity index (χ3n) is 11.8. The lowest BCUT2D eigenvalue weighted by Crippen LogP contribution is -2.12. The second kappa shape index (κ2) is 12.0. The van der Waals surface area contributed by atoms with Crippen molar-refractivity contribution >= 4 is 110 Å². The van der Waals surface area contributed by atoms with Gasteiger partial charge in [-0.25, -0.2) is 0 Å². The molecule has 56 heavy (non-hydrogen) atoms. The fourth-order valence-corrected chi connectivity index (χ4v) is 9.41. The fraction of sp³-hybridized carbons (Fsp3) is 0. The molecule has 0 radical (unpaired) electrons. The van der Waals surface area contributed by atoms with E-state index in [2.05, 4.69) is 216 Å². The molecule has 0 bridgehead atoms. The Morgan fingerprint density at radius 3 is 0.875 bits per heavy atom. The van der Waals surface area contributed by atoms with Crippen LogP contribution in [0, 0.1) is 0 Å². The summed E-state index contributed by atoms with van der Waals surface area (Å²) in [6.07, 6.45) is 0. The van der Waals surface area contributed by atoms with Gasteiger partial charge in [-0.15, -0.1) is 0 Å². The van der Waals surface area contributed by atoms with Crippen LogP contribution in [0.5, 0.6) is 0 Å². The zero-order chi connectivity index (χ0) is 36.7. The van der Waals surface area contributed by atoms with Crippen molar-refractivity contribution in [3.05, 3.63) is 206 Å². The molecule has 0 saturated heterocycles. The number of anilines is 6. The summed E-state index contributed by atoms with van der Waals surface area (Å²) in [5.41, 5.74) is 6.76. The van der Waals surface area contributed by atoms with Crippen molar-refractivity contribution in [2.24, 2.45) is 0 Å². The van der Waals surface area contributed by atoms with Crippen LogP contribution in [-0.2, 0) is 0 Å². The van der Waals surface area contributed by atoms with E-state index in [0.29, 0.717) is 0 Å². The van der Waals surface area contributed by atoms with Gasteiger partial charge < -0.3 is 9.80 Å². The van der Waals surface area contributed by atoms with Gasteiger partial charge in [0, 0.05) is 33.5 Å². The van der Waals surface area contributed by atoms with Gasteiger partial charge in [0.15, 0.2) is 0 Å². The summed E-state index contributed by atoms with van der Waals surface area (Å²) in [7, 11) is 0. The molecule has 0 aliphatic rings. The monoisotopic (exact) mass is 710 g/mol. The normalized spacial score (nSPS) is 11.9. The highest BCUT2D eigenvalue weighted by molar-refractivity contribution is 6.25. The van der Waals surface area contributed by atoms with Gasteiger partial charge in [0.1, 0.15) is 0 Å². The molecule has 12 rings (SSSR count). The van der Waals surface area contributed by atoms with Gasteiger partial charge in [-0.3, -0.25) is 0 Å². The summed E-state index contributed by atoms with van der Waals surface area (Å²) in [5.74, 6) is 0.